The van der Waals surface area contributed by atoms with Crippen molar-refractivity contribution < 1.29 is 14.6 Å². The predicted octanol–water partition coefficient (Wildman–Crippen LogP) is 2.32. The average Bonchev–Trinajstić information content (AvgIpc) is 2.53. The van der Waals surface area contributed by atoms with Crippen LogP contribution in [0, 0.1) is 24.2 Å². The molecular formula is C17H16N2O4. The highest BCUT2D eigenvalue weighted by molar-refractivity contribution is 5.73. The molecule has 23 heavy (non-hydrogen) atoms. The number of aryl methyl sites for hydroxylation is 1. The number of carboxylic acids is 1. The van der Waals surface area contributed by atoms with Crippen LogP contribution in [0.3, 0.4) is 0 Å². The number of nitrogens with zero attached hydrogens (tertiary/aromatic N) is 1. The van der Waals surface area contributed by atoms with Crippen LogP contribution < -0.4 is 10.3 Å². The van der Waals surface area contributed by atoms with Gasteiger partial charge in [-0.25, -0.2) is 0 Å². The highest BCUT2D eigenvalue weighted by Crippen LogP contribution is 2.31. The van der Waals surface area contributed by atoms with Gasteiger partial charge in [0.25, 0.3) is 5.56 Å². The number of hydrogen-bond donors (Lipinski definition) is 2. The van der Waals surface area contributed by atoms with Crippen molar-refractivity contribution in [2.45, 2.75) is 13.8 Å². The van der Waals surface area contributed by atoms with Crippen molar-refractivity contribution >= 4 is 5.97 Å². The molecule has 0 radical (unpaired) electrons. The summed E-state index contributed by atoms with van der Waals surface area (Å²) in [6, 6.07) is 10.5. The number of para-hydroxylation sites is 1. The molecular weight excluding hydrogens is 296 g/mol. The van der Waals surface area contributed by atoms with Crippen molar-refractivity contribution in [1.82, 2.24) is 4.98 Å². The van der Waals surface area contributed by atoms with E-state index in [2.05, 4.69) is 4.98 Å². The molecule has 1 heterocycles. The minimum atomic E-state index is -0.936. The first kappa shape index (κ1) is 16.3. The lowest BCUT2D eigenvalue weighted by Crippen LogP contribution is -2.18. The van der Waals surface area contributed by atoms with Crippen LogP contribution in [0.2, 0.25) is 0 Å². The number of benzene rings is 1. The largest absolute Gasteiger partial charge is 0.492 e. The van der Waals surface area contributed by atoms with Crippen LogP contribution in [0.15, 0.2) is 35.1 Å². The van der Waals surface area contributed by atoms with Gasteiger partial charge in [0.2, 0.25) is 0 Å². The van der Waals surface area contributed by atoms with Crippen molar-refractivity contribution in [1.29, 1.82) is 5.26 Å². The van der Waals surface area contributed by atoms with Crippen LogP contribution in [0.1, 0.15) is 18.2 Å². The Bertz CT molecular complexity index is 833. The number of aromatic nitrogens is 1. The molecule has 1 atom stereocenters. The van der Waals surface area contributed by atoms with Crippen LogP contribution >= 0.6 is 0 Å². The number of aromatic amines is 1. The summed E-state index contributed by atoms with van der Waals surface area (Å²) in [5.74, 6) is -1.08. The fourth-order valence-corrected chi connectivity index (χ4v) is 2.09. The molecule has 0 saturated heterocycles. The molecule has 118 valence electrons. The summed E-state index contributed by atoms with van der Waals surface area (Å²) in [5, 5.41) is 18.0. The fraction of sp³-hybridized carbons (Fsp3) is 0.235. The summed E-state index contributed by atoms with van der Waals surface area (Å²) < 4.78 is 5.62. The van der Waals surface area contributed by atoms with Crippen LogP contribution in [0.4, 0.5) is 0 Å². The number of carboxylic acid groups (broad SMARTS) is 1. The lowest BCUT2D eigenvalue weighted by atomic mass is 10.0. The summed E-state index contributed by atoms with van der Waals surface area (Å²) in [5.41, 5.74) is 1.54. The smallest absolute Gasteiger partial charge is 0.309 e. The second-order valence-corrected chi connectivity index (χ2v) is 5.21. The zero-order valence-corrected chi connectivity index (χ0v) is 12.8. The molecule has 2 N–H and O–H groups in total. The first-order valence-electron chi connectivity index (χ1n) is 7.03. The first-order chi connectivity index (χ1) is 10.9. The van der Waals surface area contributed by atoms with E-state index in [1.54, 1.807) is 38.1 Å². The maximum atomic E-state index is 11.7. The van der Waals surface area contributed by atoms with Crippen LogP contribution in [-0.2, 0) is 4.79 Å². The van der Waals surface area contributed by atoms with E-state index >= 15 is 0 Å². The SMILES string of the molecule is Cc1[nH]c(=O)c(C#N)cc1-c1ccccc1OCC(C)C(=O)O. The van der Waals surface area contributed by atoms with E-state index in [1.165, 1.54) is 6.07 Å². The van der Waals surface area contributed by atoms with Gasteiger partial charge in [0, 0.05) is 16.8 Å². The topological polar surface area (TPSA) is 103 Å². The molecule has 6 nitrogen and oxygen atoms in total. The van der Waals surface area contributed by atoms with Gasteiger partial charge in [-0.2, -0.15) is 5.26 Å². The van der Waals surface area contributed by atoms with E-state index in [0.717, 1.165) is 0 Å². The van der Waals surface area contributed by atoms with Crippen molar-refractivity contribution in [3.8, 4) is 22.9 Å². The normalized spacial score (nSPS) is 11.5. The Labute approximate surface area is 133 Å². The molecule has 0 aliphatic heterocycles. The molecule has 6 heteroatoms. The van der Waals surface area contributed by atoms with Gasteiger partial charge < -0.3 is 14.8 Å². The molecule has 0 amide bonds. The van der Waals surface area contributed by atoms with E-state index in [0.29, 0.717) is 22.6 Å². The maximum Gasteiger partial charge on any atom is 0.309 e. The number of carbonyl (C=O) groups is 1. The molecule has 2 rings (SSSR count). The summed E-state index contributed by atoms with van der Waals surface area (Å²) >= 11 is 0. The number of pyridine rings is 1. The molecule has 1 aromatic heterocycles. The van der Waals surface area contributed by atoms with Gasteiger partial charge in [-0.1, -0.05) is 18.2 Å². The number of aliphatic carboxylic acids is 1. The summed E-state index contributed by atoms with van der Waals surface area (Å²) in [7, 11) is 0. The Morgan fingerprint density at radius 1 is 1.39 bits per heavy atom. The minimum absolute atomic E-state index is 0.0132. The van der Waals surface area contributed by atoms with Gasteiger partial charge in [0.15, 0.2) is 0 Å². The fourth-order valence-electron chi connectivity index (χ4n) is 2.09. The number of hydrogen-bond acceptors (Lipinski definition) is 4. The van der Waals surface area contributed by atoms with Crippen molar-refractivity contribution in [2.75, 3.05) is 6.61 Å². The van der Waals surface area contributed by atoms with Gasteiger partial charge in [0.1, 0.15) is 24.0 Å². The second kappa shape index (κ2) is 6.79. The van der Waals surface area contributed by atoms with E-state index < -0.39 is 17.4 Å². The van der Waals surface area contributed by atoms with Crippen LogP contribution in [-0.4, -0.2) is 22.7 Å². The number of ether oxygens (including phenoxy) is 1. The van der Waals surface area contributed by atoms with E-state index in [1.807, 2.05) is 6.07 Å². The van der Waals surface area contributed by atoms with E-state index in [-0.39, 0.29) is 12.2 Å². The molecule has 0 fully saturated rings. The Kier molecular flexibility index (Phi) is 4.82. The molecule has 0 bridgehead atoms. The summed E-state index contributed by atoms with van der Waals surface area (Å²) in [4.78, 5) is 25.2. The van der Waals surface area contributed by atoms with Gasteiger partial charge in [-0.05, 0) is 26.0 Å². The predicted molar refractivity (Wildman–Crippen MR) is 84.2 cm³/mol. The Morgan fingerprint density at radius 2 is 2.09 bits per heavy atom. The second-order valence-electron chi connectivity index (χ2n) is 5.21. The van der Waals surface area contributed by atoms with Crippen LogP contribution in [0.5, 0.6) is 5.75 Å². The molecule has 0 saturated carbocycles. The summed E-state index contributed by atoms with van der Waals surface area (Å²) in [6.45, 7) is 3.32. The van der Waals surface area contributed by atoms with Gasteiger partial charge in [-0.15, -0.1) is 0 Å². The molecule has 0 spiro atoms. The molecule has 2 aromatic rings. The number of nitrogens with one attached hydrogen (secondary N) is 1. The third kappa shape index (κ3) is 3.58. The Morgan fingerprint density at radius 3 is 2.74 bits per heavy atom. The quantitative estimate of drug-likeness (QED) is 0.882. The third-order valence-electron chi connectivity index (χ3n) is 3.45. The summed E-state index contributed by atoms with van der Waals surface area (Å²) in [6.07, 6.45) is 0. The minimum Gasteiger partial charge on any atom is -0.492 e. The number of H-pyrrole nitrogens is 1. The molecule has 1 unspecified atom stereocenters. The average molecular weight is 312 g/mol. The van der Waals surface area contributed by atoms with Crippen molar-refractivity contribution in [2.24, 2.45) is 5.92 Å². The third-order valence-corrected chi connectivity index (χ3v) is 3.45. The van der Waals surface area contributed by atoms with E-state index in [9.17, 15) is 9.59 Å². The van der Waals surface area contributed by atoms with Crippen molar-refractivity contribution in [3.05, 3.63) is 51.9 Å². The van der Waals surface area contributed by atoms with Gasteiger partial charge in [0.05, 0.1) is 5.92 Å². The lowest BCUT2D eigenvalue weighted by Gasteiger charge is -2.14. The Balaban J connectivity index is 2.43. The standard InChI is InChI=1S/C17H16N2O4/c1-10(17(21)22)9-23-15-6-4-3-5-13(15)14-7-12(8-18)16(20)19-11(14)2/h3-7,10H,9H2,1-2H3,(H,19,20)(H,21,22). The zero-order chi connectivity index (χ0) is 17.0. The number of nitriles is 1. The first-order valence-corrected chi connectivity index (χ1v) is 7.03. The molecule has 1 aromatic carbocycles. The Hall–Kier alpha value is -3.07. The molecule has 0 aliphatic rings. The molecule has 0 aliphatic carbocycles. The van der Waals surface area contributed by atoms with Crippen LogP contribution in [0.25, 0.3) is 11.1 Å². The highest BCUT2D eigenvalue weighted by atomic mass is 16.5. The highest BCUT2D eigenvalue weighted by Gasteiger charge is 2.15. The zero-order valence-electron chi connectivity index (χ0n) is 12.8. The van der Waals surface area contributed by atoms with Gasteiger partial charge in [-0.3, -0.25) is 9.59 Å². The number of rotatable bonds is 5. The van der Waals surface area contributed by atoms with Crippen molar-refractivity contribution in [3.63, 3.8) is 0 Å². The monoisotopic (exact) mass is 312 g/mol. The maximum absolute atomic E-state index is 11.7. The van der Waals surface area contributed by atoms with Gasteiger partial charge >= 0.3 is 5.97 Å². The lowest BCUT2D eigenvalue weighted by molar-refractivity contribution is -0.142. The van der Waals surface area contributed by atoms with E-state index in [4.69, 9.17) is 15.1 Å².